The molecule has 4 nitrogen and oxygen atoms in total. The van der Waals surface area contributed by atoms with Crippen molar-refractivity contribution in [2.45, 2.75) is 39.2 Å². The molecule has 2 rings (SSSR count). The Balaban J connectivity index is 2.43. The smallest absolute Gasteiger partial charge is 0.203 e. The van der Waals surface area contributed by atoms with Gasteiger partial charge >= 0.3 is 0 Å². The average Bonchev–Trinajstić information content (AvgIpc) is 3.13. The summed E-state index contributed by atoms with van der Waals surface area (Å²) < 4.78 is 16.9. The third kappa shape index (κ3) is 2.95. The zero-order chi connectivity index (χ0) is 13.9. The molecule has 0 saturated heterocycles. The normalized spacial score (nSPS) is 16.0. The van der Waals surface area contributed by atoms with Gasteiger partial charge in [-0.3, -0.25) is 0 Å². The zero-order valence-corrected chi connectivity index (χ0v) is 11.9. The van der Waals surface area contributed by atoms with Crippen LogP contribution in [-0.4, -0.2) is 24.9 Å². The molecule has 1 aromatic rings. The minimum absolute atomic E-state index is 0.545. The SMILES string of the molecule is CCOc1cc(C2(O)CC2)cc(OCC)c1OCC. The van der Waals surface area contributed by atoms with Gasteiger partial charge in [0.2, 0.25) is 5.75 Å². The van der Waals surface area contributed by atoms with Crippen LogP contribution in [0.1, 0.15) is 39.2 Å². The van der Waals surface area contributed by atoms with E-state index in [1.54, 1.807) is 0 Å². The first-order valence-corrected chi connectivity index (χ1v) is 6.94. The summed E-state index contributed by atoms with van der Waals surface area (Å²) in [6.45, 7) is 7.42. The fourth-order valence-corrected chi connectivity index (χ4v) is 2.06. The predicted molar refractivity (Wildman–Crippen MR) is 73.1 cm³/mol. The van der Waals surface area contributed by atoms with Crippen LogP contribution in [0.3, 0.4) is 0 Å². The van der Waals surface area contributed by atoms with E-state index in [4.69, 9.17) is 14.2 Å². The molecule has 4 heteroatoms. The van der Waals surface area contributed by atoms with E-state index in [1.165, 1.54) is 0 Å². The van der Waals surface area contributed by atoms with Gasteiger partial charge in [-0.25, -0.2) is 0 Å². The van der Waals surface area contributed by atoms with Gasteiger partial charge in [0, 0.05) is 0 Å². The summed E-state index contributed by atoms with van der Waals surface area (Å²) in [7, 11) is 0. The van der Waals surface area contributed by atoms with Crippen LogP contribution in [0.4, 0.5) is 0 Å². The molecule has 1 aliphatic carbocycles. The highest BCUT2D eigenvalue weighted by Crippen LogP contribution is 2.50. The molecule has 1 aliphatic rings. The molecule has 1 saturated carbocycles. The van der Waals surface area contributed by atoms with Crippen molar-refractivity contribution in [1.82, 2.24) is 0 Å². The van der Waals surface area contributed by atoms with Crippen LogP contribution in [0.25, 0.3) is 0 Å². The van der Waals surface area contributed by atoms with Crippen molar-refractivity contribution >= 4 is 0 Å². The van der Waals surface area contributed by atoms with Gasteiger partial charge in [0.05, 0.1) is 25.4 Å². The second-order valence-corrected chi connectivity index (χ2v) is 4.63. The Morgan fingerprint density at radius 1 is 0.947 bits per heavy atom. The topological polar surface area (TPSA) is 47.9 Å². The summed E-state index contributed by atoms with van der Waals surface area (Å²) in [6, 6.07) is 3.73. The summed E-state index contributed by atoms with van der Waals surface area (Å²) in [5.41, 5.74) is 0.144. The van der Waals surface area contributed by atoms with E-state index in [0.717, 1.165) is 18.4 Å². The number of benzene rings is 1. The quantitative estimate of drug-likeness (QED) is 0.824. The molecular weight excluding hydrogens is 244 g/mol. The number of aliphatic hydroxyl groups is 1. The molecule has 0 amide bonds. The van der Waals surface area contributed by atoms with Crippen LogP contribution in [0.2, 0.25) is 0 Å². The first kappa shape index (κ1) is 14.0. The van der Waals surface area contributed by atoms with Crippen LogP contribution >= 0.6 is 0 Å². The minimum atomic E-state index is -0.706. The molecule has 106 valence electrons. The van der Waals surface area contributed by atoms with E-state index >= 15 is 0 Å². The van der Waals surface area contributed by atoms with Crippen molar-refractivity contribution in [2.75, 3.05) is 19.8 Å². The highest BCUT2D eigenvalue weighted by atomic mass is 16.5. The van der Waals surface area contributed by atoms with Crippen molar-refractivity contribution in [3.8, 4) is 17.2 Å². The third-order valence-corrected chi connectivity index (χ3v) is 3.17. The van der Waals surface area contributed by atoms with Gasteiger partial charge in [-0.1, -0.05) is 0 Å². The van der Waals surface area contributed by atoms with Gasteiger partial charge in [-0.15, -0.1) is 0 Å². The van der Waals surface area contributed by atoms with Crippen molar-refractivity contribution < 1.29 is 19.3 Å². The van der Waals surface area contributed by atoms with Crippen molar-refractivity contribution in [1.29, 1.82) is 0 Å². The van der Waals surface area contributed by atoms with E-state index in [9.17, 15) is 5.11 Å². The van der Waals surface area contributed by atoms with Crippen LogP contribution in [-0.2, 0) is 5.60 Å². The molecule has 0 spiro atoms. The molecular formula is C15H22O4. The van der Waals surface area contributed by atoms with E-state index in [1.807, 2.05) is 32.9 Å². The molecule has 0 heterocycles. The number of rotatable bonds is 7. The largest absolute Gasteiger partial charge is 0.490 e. The molecule has 0 unspecified atom stereocenters. The highest BCUT2D eigenvalue weighted by molar-refractivity contribution is 5.55. The Hall–Kier alpha value is -1.42. The molecule has 0 aliphatic heterocycles. The lowest BCUT2D eigenvalue weighted by Crippen LogP contribution is -2.08. The van der Waals surface area contributed by atoms with E-state index in [-0.39, 0.29) is 0 Å². The first-order valence-electron chi connectivity index (χ1n) is 6.94. The lowest BCUT2D eigenvalue weighted by Gasteiger charge is -2.18. The molecule has 0 radical (unpaired) electrons. The maximum absolute atomic E-state index is 10.3. The van der Waals surface area contributed by atoms with E-state index in [2.05, 4.69) is 0 Å². The Labute approximate surface area is 114 Å². The summed E-state index contributed by atoms with van der Waals surface area (Å²) in [4.78, 5) is 0. The Morgan fingerprint density at radius 2 is 1.42 bits per heavy atom. The van der Waals surface area contributed by atoms with Crippen LogP contribution in [0.15, 0.2) is 12.1 Å². The summed E-state index contributed by atoms with van der Waals surface area (Å²) in [6.07, 6.45) is 1.58. The fourth-order valence-electron chi connectivity index (χ4n) is 2.06. The maximum Gasteiger partial charge on any atom is 0.203 e. The summed E-state index contributed by atoms with van der Waals surface area (Å²) in [5.74, 6) is 1.91. The highest BCUT2D eigenvalue weighted by Gasteiger charge is 2.43. The van der Waals surface area contributed by atoms with Gasteiger partial charge in [-0.05, 0) is 51.3 Å². The summed E-state index contributed by atoms with van der Waals surface area (Å²) >= 11 is 0. The Bertz CT molecular complexity index is 411. The first-order chi connectivity index (χ1) is 9.14. The second kappa shape index (κ2) is 5.70. The predicted octanol–water partition coefficient (Wildman–Crippen LogP) is 2.86. The van der Waals surface area contributed by atoms with Crippen LogP contribution in [0.5, 0.6) is 17.2 Å². The van der Waals surface area contributed by atoms with Crippen LogP contribution in [0, 0.1) is 0 Å². The molecule has 0 bridgehead atoms. The second-order valence-electron chi connectivity index (χ2n) is 4.63. The van der Waals surface area contributed by atoms with Crippen molar-refractivity contribution in [2.24, 2.45) is 0 Å². The van der Waals surface area contributed by atoms with Crippen molar-refractivity contribution in [3.05, 3.63) is 17.7 Å². The number of hydrogen-bond donors (Lipinski definition) is 1. The molecule has 1 fully saturated rings. The maximum atomic E-state index is 10.3. The van der Waals surface area contributed by atoms with Crippen molar-refractivity contribution in [3.63, 3.8) is 0 Å². The van der Waals surface area contributed by atoms with Gasteiger partial charge in [0.1, 0.15) is 0 Å². The van der Waals surface area contributed by atoms with E-state index < -0.39 is 5.60 Å². The van der Waals surface area contributed by atoms with E-state index in [0.29, 0.717) is 37.1 Å². The van der Waals surface area contributed by atoms with Gasteiger partial charge in [0.15, 0.2) is 11.5 Å². The molecule has 19 heavy (non-hydrogen) atoms. The molecule has 0 atom stereocenters. The average molecular weight is 266 g/mol. The van der Waals surface area contributed by atoms with Gasteiger partial charge < -0.3 is 19.3 Å². The van der Waals surface area contributed by atoms with Crippen LogP contribution < -0.4 is 14.2 Å². The van der Waals surface area contributed by atoms with Gasteiger partial charge in [-0.2, -0.15) is 0 Å². The Kier molecular flexibility index (Phi) is 4.20. The molecule has 1 aromatic carbocycles. The lowest BCUT2D eigenvalue weighted by molar-refractivity contribution is 0.150. The minimum Gasteiger partial charge on any atom is -0.490 e. The molecule has 1 N–H and O–H groups in total. The molecule has 0 aromatic heterocycles. The zero-order valence-electron chi connectivity index (χ0n) is 11.9. The third-order valence-electron chi connectivity index (χ3n) is 3.17. The number of ether oxygens (including phenoxy) is 3. The monoisotopic (exact) mass is 266 g/mol. The standard InChI is InChI=1S/C15H22O4/c1-4-17-12-9-11(15(16)7-8-15)10-13(18-5-2)14(12)19-6-3/h9-10,16H,4-8H2,1-3H3. The number of hydrogen-bond acceptors (Lipinski definition) is 4. The Morgan fingerprint density at radius 3 is 1.79 bits per heavy atom. The van der Waals surface area contributed by atoms with Gasteiger partial charge in [0.25, 0.3) is 0 Å². The summed E-state index contributed by atoms with van der Waals surface area (Å²) in [5, 5.41) is 10.3. The fraction of sp³-hybridized carbons (Fsp3) is 0.600. The lowest BCUT2D eigenvalue weighted by atomic mass is 10.1.